The molecule has 1 aliphatic rings. The second kappa shape index (κ2) is 7.76. The van der Waals surface area contributed by atoms with Crippen LogP contribution in [-0.2, 0) is 6.54 Å². The highest BCUT2D eigenvalue weighted by Crippen LogP contribution is 2.23. The SMILES string of the molecule is OC[C@@H]1CCN(Cc2ccccc2)C[C@@H]1Nc1ccc2nccnc2n1. The van der Waals surface area contributed by atoms with Crippen LogP contribution in [0.4, 0.5) is 5.82 Å². The van der Waals surface area contributed by atoms with Crippen LogP contribution in [0, 0.1) is 5.92 Å². The van der Waals surface area contributed by atoms with Crippen molar-refractivity contribution in [3.05, 3.63) is 60.4 Å². The predicted octanol–water partition coefficient (Wildman–Crippen LogP) is 2.32. The van der Waals surface area contributed by atoms with Crippen molar-refractivity contribution in [1.29, 1.82) is 0 Å². The fourth-order valence-corrected chi connectivity index (χ4v) is 3.56. The van der Waals surface area contributed by atoms with E-state index in [9.17, 15) is 5.11 Å². The number of benzene rings is 1. The largest absolute Gasteiger partial charge is 0.396 e. The average molecular weight is 349 g/mol. The lowest BCUT2D eigenvalue weighted by molar-refractivity contribution is 0.115. The van der Waals surface area contributed by atoms with E-state index >= 15 is 0 Å². The fourth-order valence-electron chi connectivity index (χ4n) is 3.56. The Kier molecular flexibility index (Phi) is 5.04. The van der Waals surface area contributed by atoms with Crippen LogP contribution in [0.3, 0.4) is 0 Å². The third kappa shape index (κ3) is 3.81. The molecule has 6 heteroatoms. The molecule has 3 heterocycles. The molecule has 4 rings (SSSR count). The Morgan fingerprint density at radius 1 is 1.08 bits per heavy atom. The molecule has 134 valence electrons. The highest BCUT2D eigenvalue weighted by molar-refractivity contribution is 5.71. The van der Waals surface area contributed by atoms with E-state index in [-0.39, 0.29) is 18.6 Å². The molecule has 0 bridgehead atoms. The van der Waals surface area contributed by atoms with E-state index in [2.05, 4.69) is 49.4 Å². The van der Waals surface area contributed by atoms with Gasteiger partial charge in [0.1, 0.15) is 11.3 Å². The molecule has 0 aliphatic carbocycles. The Hall–Kier alpha value is -2.57. The molecule has 1 saturated heterocycles. The molecule has 2 aromatic heterocycles. The summed E-state index contributed by atoms with van der Waals surface area (Å²) in [6.07, 6.45) is 4.29. The van der Waals surface area contributed by atoms with E-state index in [1.807, 2.05) is 18.2 Å². The van der Waals surface area contributed by atoms with Gasteiger partial charge in [0.05, 0.1) is 0 Å². The number of likely N-dealkylation sites (tertiary alicyclic amines) is 1. The first-order valence-electron chi connectivity index (χ1n) is 9.03. The van der Waals surface area contributed by atoms with Gasteiger partial charge in [0.2, 0.25) is 0 Å². The molecule has 1 fully saturated rings. The molecule has 0 spiro atoms. The lowest BCUT2D eigenvalue weighted by Gasteiger charge is -2.38. The number of nitrogens with zero attached hydrogens (tertiary/aromatic N) is 4. The Morgan fingerprint density at radius 2 is 1.92 bits per heavy atom. The molecular weight excluding hydrogens is 326 g/mol. The number of anilines is 1. The lowest BCUT2D eigenvalue weighted by atomic mass is 9.92. The van der Waals surface area contributed by atoms with Gasteiger partial charge >= 0.3 is 0 Å². The summed E-state index contributed by atoms with van der Waals surface area (Å²) in [5.41, 5.74) is 2.73. The summed E-state index contributed by atoms with van der Waals surface area (Å²) >= 11 is 0. The third-order valence-corrected chi connectivity index (χ3v) is 4.99. The molecule has 2 N–H and O–H groups in total. The van der Waals surface area contributed by atoms with Crippen LogP contribution < -0.4 is 5.32 Å². The van der Waals surface area contributed by atoms with Crippen molar-refractivity contribution in [1.82, 2.24) is 19.9 Å². The van der Waals surface area contributed by atoms with E-state index < -0.39 is 0 Å². The third-order valence-electron chi connectivity index (χ3n) is 4.99. The number of hydrogen-bond acceptors (Lipinski definition) is 6. The quantitative estimate of drug-likeness (QED) is 0.736. The maximum atomic E-state index is 9.79. The number of hydrogen-bond donors (Lipinski definition) is 2. The molecule has 1 aromatic carbocycles. The van der Waals surface area contributed by atoms with Crippen LogP contribution in [0.2, 0.25) is 0 Å². The summed E-state index contributed by atoms with van der Waals surface area (Å²) in [6, 6.07) is 14.5. The minimum atomic E-state index is 0.152. The van der Waals surface area contributed by atoms with Crippen LogP contribution in [0.25, 0.3) is 11.2 Å². The number of nitrogens with one attached hydrogen (secondary N) is 1. The van der Waals surface area contributed by atoms with Gasteiger partial charge in [0, 0.05) is 44.0 Å². The normalized spacial score (nSPS) is 21.0. The number of piperidine rings is 1. The van der Waals surface area contributed by atoms with Crippen molar-refractivity contribution >= 4 is 17.0 Å². The molecule has 0 saturated carbocycles. The van der Waals surface area contributed by atoms with Gasteiger partial charge in [-0.05, 0) is 30.7 Å². The number of aliphatic hydroxyl groups is 1. The second-order valence-electron chi connectivity index (χ2n) is 6.80. The van der Waals surface area contributed by atoms with E-state index in [1.54, 1.807) is 12.4 Å². The number of rotatable bonds is 5. The van der Waals surface area contributed by atoms with Crippen molar-refractivity contribution in [2.45, 2.75) is 19.0 Å². The summed E-state index contributed by atoms with van der Waals surface area (Å²) in [6.45, 7) is 2.98. The standard InChI is InChI=1S/C20H23N5O/c26-14-16-8-11-25(12-15-4-2-1-3-5-15)13-18(16)23-19-7-6-17-20(24-19)22-10-9-21-17/h1-7,9-10,16,18,26H,8,11-14H2,(H,22,23,24)/t16-,18-/m0/s1. The van der Waals surface area contributed by atoms with E-state index in [0.717, 1.165) is 37.4 Å². The van der Waals surface area contributed by atoms with E-state index in [1.165, 1.54) is 5.56 Å². The summed E-state index contributed by atoms with van der Waals surface area (Å²) in [7, 11) is 0. The Bertz CT molecular complexity index is 857. The average Bonchev–Trinajstić information content (AvgIpc) is 2.69. The minimum absolute atomic E-state index is 0.152. The lowest BCUT2D eigenvalue weighted by Crippen LogP contribution is -2.48. The number of aliphatic hydroxyl groups excluding tert-OH is 1. The molecule has 3 aromatic rings. The summed E-state index contributed by atoms with van der Waals surface area (Å²) < 4.78 is 0. The van der Waals surface area contributed by atoms with Crippen LogP contribution in [0.5, 0.6) is 0 Å². The Morgan fingerprint density at radius 3 is 2.77 bits per heavy atom. The van der Waals surface area contributed by atoms with Crippen LogP contribution in [0.1, 0.15) is 12.0 Å². The Balaban J connectivity index is 1.48. The summed E-state index contributed by atoms with van der Waals surface area (Å²) in [4.78, 5) is 15.5. The molecule has 26 heavy (non-hydrogen) atoms. The fraction of sp³-hybridized carbons (Fsp3) is 0.350. The zero-order valence-corrected chi connectivity index (χ0v) is 14.6. The number of fused-ring (bicyclic) bond motifs is 1. The highest BCUT2D eigenvalue weighted by atomic mass is 16.3. The maximum Gasteiger partial charge on any atom is 0.180 e. The van der Waals surface area contributed by atoms with Crippen molar-refractivity contribution < 1.29 is 5.11 Å². The molecule has 0 unspecified atom stereocenters. The Labute approximate surface area is 152 Å². The molecule has 0 radical (unpaired) electrons. The first kappa shape index (κ1) is 16.9. The highest BCUT2D eigenvalue weighted by Gasteiger charge is 2.29. The smallest absolute Gasteiger partial charge is 0.180 e. The van der Waals surface area contributed by atoms with Crippen LogP contribution in [-0.4, -0.2) is 50.7 Å². The topological polar surface area (TPSA) is 74.2 Å². The van der Waals surface area contributed by atoms with Gasteiger partial charge in [-0.2, -0.15) is 0 Å². The van der Waals surface area contributed by atoms with Gasteiger partial charge in [-0.3, -0.25) is 9.88 Å². The molecule has 1 aliphatic heterocycles. The van der Waals surface area contributed by atoms with Gasteiger partial charge in [0.15, 0.2) is 5.65 Å². The minimum Gasteiger partial charge on any atom is -0.396 e. The van der Waals surface area contributed by atoms with Crippen molar-refractivity contribution in [3.8, 4) is 0 Å². The van der Waals surface area contributed by atoms with Crippen molar-refractivity contribution in [2.24, 2.45) is 5.92 Å². The molecule has 6 nitrogen and oxygen atoms in total. The predicted molar refractivity (Wildman–Crippen MR) is 102 cm³/mol. The zero-order chi connectivity index (χ0) is 17.8. The molecular formula is C20H23N5O. The van der Waals surface area contributed by atoms with Gasteiger partial charge in [-0.1, -0.05) is 30.3 Å². The first-order chi connectivity index (χ1) is 12.8. The van der Waals surface area contributed by atoms with Crippen LogP contribution in [0.15, 0.2) is 54.9 Å². The summed E-state index contributed by atoms with van der Waals surface area (Å²) in [5, 5.41) is 13.3. The van der Waals surface area contributed by atoms with Gasteiger partial charge in [-0.15, -0.1) is 0 Å². The van der Waals surface area contributed by atoms with Crippen molar-refractivity contribution in [3.63, 3.8) is 0 Å². The number of pyridine rings is 1. The van der Waals surface area contributed by atoms with Gasteiger partial charge in [-0.25, -0.2) is 9.97 Å². The van der Waals surface area contributed by atoms with Gasteiger partial charge < -0.3 is 10.4 Å². The van der Waals surface area contributed by atoms with Crippen molar-refractivity contribution in [2.75, 3.05) is 25.0 Å². The van der Waals surface area contributed by atoms with Gasteiger partial charge in [0.25, 0.3) is 0 Å². The van der Waals surface area contributed by atoms with E-state index in [0.29, 0.717) is 5.65 Å². The van der Waals surface area contributed by atoms with Crippen LogP contribution >= 0.6 is 0 Å². The molecule has 0 amide bonds. The summed E-state index contributed by atoms with van der Waals surface area (Å²) in [5.74, 6) is 1.00. The maximum absolute atomic E-state index is 9.79. The first-order valence-corrected chi connectivity index (χ1v) is 9.03. The van der Waals surface area contributed by atoms with E-state index in [4.69, 9.17) is 0 Å². The molecule has 2 atom stereocenters. The number of aromatic nitrogens is 3. The monoisotopic (exact) mass is 349 g/mol. The zero-order valence-electron chi connectivity index (χ0n) is 14.6. The second-order valence-corrected chi connectivity index (χ2v) is 6.80.